The van der Waals surface area contributed by atoms with Gasteiger partial charge < -0.3 is 14.4 Å². The average Bonchev–Trinajstić information content (AvgIpc) is 3.46. The lowest BCUT2D eigenvalue weighted by atomic mass is 10.1. The number of para-hydroxylation sites is 1. The molecule has 1 amide bonds. The minimum atomic E-state index is -0.988. The molecule has 1 aliphatic rings. The molecule has 5 rings (SSSR count). The third kappa shape index (κ3) is 5.47. The van der Waals surface area contributed by atoms with Gasteiger partial charge in [-0.1, -0.05) is 37.3 Å². The lowest BCUT2D eigenvalue weighted by Gasteiger charge is -2.16. The van der Waals surface area contributed by atoms with Gasteiger partial charge in [0.2, 0.25) is 0 Å². The van der Waals surface area contributed by atoms with E-state index >= 15 is 0 Å². The van der Waals surface area contributed by atoms with Crippen molar-refractivity contribution in [3.05, 3.63) is 101 Å². The van der Waals surface area contributed by atoms with E-state index in [-0.39, 0.29) is 18.0 Å². The molecule has 39 heavy (non-hydrogen) atoms. The molecule has 2 heterocycles. The number of carbonyl (C=O) groups excluding carboxylic acids is 1. The fourth-order valence-corrected chi connectivity index (χ4v) is 5.47. The number of amidine groups is 1. The molecule has 3 aromatic carbocycles. The summed E-state index contributed by atoms with van der Waals surface area (Å²) in [5.41, 5.74) is 3.83. The number of rotatable bonds is 8. The number of carboxylic acid groups (broad SMARTS) is 1. The lowest BCUT2D eigenvalue weighted by Crippen LogP contribution is -2.28. The first-order valence-electron chi connectivity index (χ1n) is 12.7. The first-order chi connectivity index (χ1) is 18.9. The molecule has 4 aromatic rings. The van der Waals surface area contributed by atoms with E-state index in [1.807, 2.05) is 42.5 Å². The Morgan fingerprint density at radius 2 is 1.79 bits per heavy atom. The second kappa shape index (κ2) is 11.2. The summed E-state index contributed by atoms with van der Waals surface area (Å²) in [6, 6.07) is 22.5. The molecule has 198 valence electrons. The van der Waals surface area contributed by atoms with Crippen LogP contribution >= 0.6 is 11.8 Å². The zero-order valence-corrected chi connectivity index (χ0v) is 22.8. The van der Waals surface area contributed by atoms with Crippen molar-refractivity contribution in [2.75, 3.05) is 7.11 Å². The van der Waals surface area contributed by atoms with E-state index in [0.29, 0.717) is 21.8 Å². The number of aromatic carboxylic acids is 1. The number of methoxy groups -OCH3 is 1. The molecule has 1 atom stereocenters. The summed E-state index contributed by atoms with van der Waals surface area (Å²) >= 11 is 1.34. The van der Waals surface area contributed by atoms with Crippen LogP contribution in [0.25, 0.3) is 17.0 Å². The average molecular weight is 540 g/mol. The summed E-state index contributed by atoms with van der Waals surface area (Å²) < 4.78 is 7.52. The predicted molar refractivity (Wildman–Crippen MR) is 157 cm³/mol. The number of hydrogen-bond acceptors (Lipinski definition) is 5. The maximum Gasteiger partial charge on any atom is 0.335 e. The first-order valence-corrected chi connectivity index (χ1v) is 13.6. The van der Waals surface area contributed by atoms with Crippen LogP contribution in [0.3, 0.4) is 0 Å². The Balaban J connectivity index is 1.54. The van der Waals surface area contributed by atoms with E-state index in [9.17, 15) is 14.7 Å². The molecule has 8 heteroatoms. The Labute approximate surface area is 231 Å². The van der Waals surface area contributed by atoms with E-state index in [0.717, 1.165) is 34.2 Å². The van der Waals surface area contributed by atoms with Crippen LogP contribution in [0.5, 0.6) is 5.75 Å². The SMILES string of the molecule is CC[C@H](C)n1cc(/C=C2\SC(=Nc3ccc(OC)cc3)N(Cc3ccc(C(=O)O)cc3)C2=O)c2ccccc21. The summed E-state index contributed by atoms with van der Waals surface area (Å²) in [4.78, 5) is 32.1. The minimum absolute atomic E-state index is 0.144. The normalized spacial score (nSPS) is 16.4. The van der Waals surface area contributed by atoms with Crippen molar-refractivity contribution in [2.45, 2.75) is 32.9 Å². The van der Waals surface area contributed by atoms with Gasteiger partial charge in [-0.2, -0.15) is 0 Å². The Hall–Kier alpha value is -4.30. The van der Waals surface area contributed by atoms with Gasteiger partial charge in [-0.05, 0) is 79.2 Å². The summed E-state index contributed by atoms with van der Waals surface area (Å²) in [7, 11) is 1.61. The monoisotopic (exact) mass is 539 g/mol. The van der Waals surface area contributed by atoms with Crippen molar-refractivity contribution < 1.29 is 19.4 Å². The van der Waals surface area contributed by atoms with Crippen LogP contribution in [0.4, 0.5) is 5.69 Å². The molecule has 7 nitrogen and oxygen atoms in total. The summed E-state index contributed by atoms with van der Waals surface area (Å²) in [5, 5.41) is 10.9. The maximum absolute atomic E-state index is 13.8. The number of aromatic nitrogens is 1. The van der Waals surface area contributed by atoms with Crippen molar-refractivity contribution in [1.29, 1.82) is 0 Å². The smallest absolute Gasteiger partial charge is 0.335 e. The van der Waals surface area contributed by atoms with Crippen LogP contribution in [0.2, 0.25) is 0 Å². The van der Waals surface area contributed by atoms with E-state index < -0.39 is 5.97 Å². The lowest BCUT2D eigenvalue weighted by molar-refractivity contribution is -0.122. The molecule has 0 bridgehead atoms. The van der Waals surface area contributed by atoms with Gasteiger partial charge in [0.1, 0.15) is 5.75 Å². The molecule has 1 aliphatic heterocycles. The van der Waals surface area contributed by atoms with Crippen molar-refractivity contribution in [3.8, 4) is 5.75 Å². The molecular weight excluding hydrogens is 510 g/mol. The van der Waals surface area contributed by atoms with Crippen molar-refractivity contribution in [2.24, 2.45) is 4.99 Å². The van der Waals surface area contributed by atoms with Crippen LogP contribution in [0.15, 0.2) is 88.9 Å². The molecule has 0 unspecified atom stereocenters. The quantitative estimate of drug-likeness (QED) is 0.241. The van der Waals surface area contributed by atoms with E-state index in [2.05, 4.69) is 36.7 Å². The van der Waals surface area contributed by atoms with E-state index in [1.54, 1.807) is 36.3 Å². The summed E-state index contributed by atoms with van der Waals surface area (Å²) in [6.07, 6.45) is 5.06. The Morgan fingerprint density at radius 1 is 1.08 bits per heavy atom. The third-order valence-electron chi connectivity index (χ3n) is 6.85. The fourth-order valence-electron chi connectivity index (χ4n) is 4.48. The van der Waals surface area contributed by atoms with Crippen molar-refractivity contribution in [1.82, 2.24) is 9.47 Å². The topological polar surface area (TPSA) is 84.1 Å². The second-order valence-corrected chi connectivity index (χ2v) is 10.4. The zero-order chi connectivity index (χ0) is 27.5. The maximum atomic E-state index is 13.8. The van der Waals surface area contributed by atoms with Gasteiger partial charge in [-0.25, -0.2) is 9.79 Å². The molecule has 1 fully saturated rings. The highest BCUT2D eigenvalue weighted by Gasteiger charge is 2.34. The van der Waals surface area contributed by atoms with Gasteiger partial charge in [0, 0.05) is 28.7 Å². The number of aliphatic imine (C=N–C) groups is 1. The number of carboxylic acids is 1. The fraction of sp³-hybridized carbons (Fsp3) is 0.194. The number of ether oxygens (including phenoxy) is 1. The number of benzene rings is 3. The molecule has 0 aliphatic carbocycles. The molecule has 1 aromatic heterocycles. The number of amides is 1. The van der Waals surface area contributed by atoms with Gasteiger partial charge in [-0.15, -0.1) is 0 Å². The second-order valence-electron chi connectivity index (χ2n) is 9.36. The number of nitrogens with zero attached hydrogens (tertiary/aromatic N) is 3. The zero-order valence-electron chi connectivity index (χ0n) is 22.0. The molecule has 1 saturated heterocycles. The van der Waals surface area contributed by atoms with Crippen LogP contribution in [-0.2, 0) is 11.3 Å². The highest BCUT2D eigenvalue weighted by molar-refractivity contribution is 8.18. The van der Waals surface area contributed by atoms with Crippen LogP contribution < -0.4 is 4.74 Å². The van der Waals surface area contributed by atoms with Gasteiger partial charge in [0.15, 0.2) is 5.17 Å². The third-order valence-corrected chi connectivity index (χ3v) is 7.86. The van der Waals surface area contributed by atoms with Crippen LogP contribution in [-0.4, -0.2) is 38.7 Å². The standard InChI is InChI=1S/C31H29N3O4S/c1-4-20(2)33-19-23(26-7-5-6-8-27(26)33)17-28-29(35)34(18-21-9-11-22(12-10-21)30(36)37)31(39-28)32-24-13-15-25(38-3)16-14-24/h5-17,19-20H,4,18H2,1-3H3,(H,36,37)/b28-17-,32-31?/t20-/m0/s1. The van der Waals surface area contributed by atoms with Crippen LogP contribution in [0.1, 0.15) is 47.8 Å². The summed E-state index contributed by atoms with van der Waals surface area (Å²) in [6.45, 7) is 4.62. The highest BCUT2D eigenvalue weighted by Crippen LogP contribution is 2.37. The number of fused-ring (bicyclic) bond motifs is 1. The van der Waals surface area contributed by atoms with Gasteiger partial charge >= 0.3 is 5.97 Å². The molecular formula is C31H29N3O4S. The number of hydrogen-bond donors (Lipinski definition) is 1. The molecule has 0 saturated carbocycles. The van der Waals surface area contributed by atoms with E-state index in [1.165, 1.54) is 11.8 Å². The summed E-state index contributed by atoms with van der Waals surface area (Å²) in [5.74, 6) is -0.407. The van der Waals surface area contributed by atoms with Gasteiger partial charge in [0.05, 0.1) is 29.8 Å². The highest BCUT2D eigenvalue weighted by atomic mass is 32.2. The van der Waals surface area contributed by atoms with Crippen LogP contribution in [0, 0.1) is 0 Å². The molecule has 1 N–H and O–H groups in total. The van der Waals surface area contributed by atoms with Crippen molar-refractivity contribution in [3.63, 3.8) is 0 Å². The largest absolute Gasteiger partial charge is 0.497 e. The Kier molecular flexibility index (Phi) is 7.56. The predicted octanol–water partition coefficient (Wildman–Crippen LogP) is 7.12. The Bertz CT molecular complexity index is 1590. The molecule has 0 spiro atoms. The number of carbonyl (C=O) groups is 2. The molecule has 0 radical (unpaired) electrons. The minimum Gasteiger partial charge on any atom is -0.497 e. The first kappa shape index (κ1) is 26.3. The van der Waals surface area contributed by atoms with Gasteiger partial charge in [-0.3, -0.25) is 9.69 Å². The Morgan fingerprint density at radius 3 is 2.46 bits per heavy atom. The van der Waals surface area contributed by atoms with Gasteiger partial charge in [0.25, 0.3) is 5.91 Å². The van der Waals surface area contributed by atoms with Crippen molar-refractivity contribution >= 4 is 51.5 Å². The number of thioether (sulfide) groups is 1. The van der Waals surface area contributed by atoms with E-state index in [4.69, 9.17) is 9.73 Å².